The van der Waals surface area contributed by atoms with Crippen LogP contribution >= 0.6 is 11.8 Å². The smallest absolute Gasteiger partial charge is 0.125 e. The molecule has 0 aliphatic heterocycles. The van der Waals surface area contributed by atoms with Crippen LogP contribution in [0.1, 0.15) is 37.0 Å². The van der Waals surface area contributed by atoms with Gasteiger partial charge in [-0.2, -0.15) is 11.8 Å². The number of aryl methyl sites for hydroxylation is 2. The van der Waals surface area contributed by atoms with E-state index in [1.807, 2.05) is 31.8 Å². The molecule has 0 fully saturated rings. The molecule has 1 aromatic heterocycles. The van der Waals surface area contributed by atoms with Crippen molar-refractivity contribution < 1.29 is 0 Å². The highest BCUT2D eigenvalue weighted by molar-refractivity contribution is 7.98. The lowest BCUT2D eigenvalue weighted by Gasteiger charge is -2.20. The van der Waals surface area contributed by atoms with Gasteiger partial charge in [0.2, 0.25) is 0 Å². The molecule has 1 N–H and O–H groups in total. The molecule has 0 aliphatic rings. The molecule has 1 rings (SSSR count). The van der Waals surface area contributed by atoms with Gasteiger partial charge in [0, 0.05) is 35.3 Å². The van der Waals surface area contributed by atoms with E-state index in [4.69, 9.17) is 0 Å². The summed E-state index contributed by atoms with van der Waals surface area (Å²) in [5.41, 5.74) is 2.27. The fourth-order valence-electron chi connectivity index (χ4n) is 1.83. The summed E-state index contributed by atoms with van der Waals surface area (Å²) in [5.74, 6) is 1.96. The van der Waals surface area contributed by atoms with Crippen molar-refractivity contribution in [2.24, 2.45) is 0 Å². The first-order chi connectivity index (χ1) is 7.54. The Balaban J connectivity index is 2.69. The molecular formula is C12H21N3S. The maximum atomic E-state index is 4.39. The number of thioether (sulfide) groups is 1. The fourth-order valence-corrected chi connectivity index (χ4v) is 2.43. The molecule has 3 nitrogen and oxygen atoms in total. The van der Waals surface area contributed by atoms with Gasteiger partial charge in [-0.15, -0.1) is 0 Å². The van der Waals surface area contributed by atoms with E-state index in [2.05, 4.69) is 35.4 Å². The van der Waals surface area contributed by atoms with Crippen LogP contribution in [0.5, 0.6) is 0 Å². The Bertz CT molecular complexity index is 341. The van der Waals surface area contributed by atoms with Crippen LogP contribution in [0.4, 0.5) is 0 Å². The third-order valence-corrected chi connectivity index (χ3v) is 3.39. The lowest BCUT2D eigenvalue weighted by molar-refractivity contribution is 0.506. The lowest BCUT2D eigenvalue weighted by atomic mass is 10.1. The van der Waals surface area contributed by atoms with Crippen LogP contribution in [-0.4, -0.2) is 28.0 Å². The zero-order valence-corrected chi connectivity index (χ0v) is 11.6. The normalized spacial score (nSPS) is 14.8. The van der Waals surface area contributed by atoms with Crippen LogP contribution in [0.2, 0.25) is 0 Å². The maximum absolute atomic E-state index is 4.39. The Labute approximate surface area is 102 Å². The molecule has 2 atom stereocenters. The molecule has 4 heteroatoms. The molecule has 16 heavy (non-hydrogen) atoms. The van der Waals surface area contributed by atoms with Gasteiger partial charge in [0.05, 0.1) is 0 Å². The third-order valence-electron chi connectivity index (χ3n) is 2.56. The predicted molar refractivity (Wildman–Crippen MR) is 70.9 cm³/mol. The van der Waals surface area contributed by atoms with Crippen molar-refractivity contribution >= 4 is 11.8 Å². The second kappa shape index (κ2) is 6.21. The monoisotopic (exact) mass is 239 g/mol. The molecule has 0 amide bonds. The van der Waals surface area contributed by atoms with Crippen molar-refractivity contribution in [2.75, 3.05) is 12.0 Å². The van der Waals surface area contributed by atoms with E-state index in [9.17, 15) is 0 Å². The Morgan fingerprint density at radius 3 is 2.62 bits per heavy atom. The molecule has 1 aromatic rings. The number of rotatable bonds is 5. The minimum absolute atomic E-state index is 0.308. The number of nitrogens with zero attached hydrogens (tertiary/aromatic N) is 2. The van der Waals surface area contributed by atoms with Gasteiger partial charge in [-0.25, -0.2) is 9.97 Å². The summed E-state index contributed by atoms with van der Waals surface area (Å²) in [6, 6.07) is 0.813. The van der Waals surface area contributed by atoms with E-state index in [1.54, 1.807) is 0 Å². The Morgan fingerprint density at radius 2 is 2.06 bits per heavy atom. The third kappa shape index (κ3) is 3.76. The number of nitrogens with one attached hydrogen (secondary N) is 1. The second-order valence-corrected chi connectivity index (χ2v) is 5.11. The summed E-state index contributed by atoms with van der Waals surface area (Å²) in [4.78, 5) is 8.65. The Hall–Kier alpha value is -0.610. The molecule has 0 bridgehead atoms. The molecule has 0 radical (unpaired) electrons. The summed E-state index contributed by atoms with van der Waals surface area (Å²) in [6.07, 6.45) is 4.06. The topological polar surface area (TPSA) is 37.8 Å². The van der Waals surface area contributed by atoms with Gasteiger partial charge in [-0.05, 0) is 34.0 Å². The van der Waals surface area contributed by atoms with Crippen LogP contribution in [0.3, 0.4) is 0 Å². The Kier molecular flexibility index (Phi) is 5.22. The van der Waals surface area contributed by atoms with E-state index in [-0.39, 0.29) is 0 Å². The molecule has 0 saturated carbocycles. The average molecular weight is 239 g/mol. The largest absolute Gasteiger partial charge is 0.307 e. The van der Waals surface area contributed by atoms with Crippen molar-refractivity contribution in [1.29, 1.82) is 0 Å². The molecule has 90 valence electrons. The summed E-state index contributed by atoms with van der Waals surface area (Å²) in [7, 11) is 0. The number of hydrogen-bond donors (Lipinski definition) is 1. The van der Waals surface area contributed by atoms with Crippen molar-refractivity contribution in [2.45, 2.75) is 39.8 Å². The van der Waals surface area contributed by atoms with E-state index in [0.29, 0.717) is 12.1 Å². The van der Waals surface area contributed by atoms with Crippen LogP contribution in [-0.2, 0) is 0 Å². The van der Waals surface area contributed by atoms with Gasteiger partial charge < -0.3 is 5.32 Å². The number of aromatic nitrogens is 2. The quantitative estimate of drug-likeness (QED) is 0.856. The summed E-state index contributed by atoms with van der Waals surface area (Å²) < 4.78 is 0. The lowest BCUT2D eigenvalue weighted by Crippen LogP contribution is -2.31. The maximum Gasteiger partial charge on any atom is 0.125 e. The molecule has 2 unspecified atom stereocenters. The summed E-state index contributed by atoms with van der Waals surface area (Å²) >= 11 is 1.86. The standard InChI is InChI=1S/C12H21N3S/c1-8(7-16-5)14-9(2)12-6-13-11(4)15-10(12)3/h6,8-9,14H,7H2,1-5H3. The van der Waals surface area contributed by atoms with Gasteiger partial charge in [0.25, 0.3) is 0 Å². The molecular weight excluding hydrogens is 218 g/mol. The zero-order chi connectivity index (χ0) is 12.1. The minimum Gasteiger partial charge on any atom is -0.307 e. The highest BCUT2D eigenvalue weighted by atomic mass is 32.2. The molecule has 0 spiro atoms. The highest BCUT2D eigenvalue weighted by Crippen LogP contribution is 2.15. The van der Waals surface area contributed by atoms with Gasteiger partial charge in [-0.1, -0.05) is 0 Å². The van der Waals surface area contributed by atoms with Crippen LogP contribution < -0.4 is 5.32 Å². The Morgan fingerprint density at radius 1 is 1.38 bits per heavy atom. The number of hydrogen-bond acceptors (Lipinski definition) is 4. The van der Waals surface area contributed by atoms with E-state index < -0.39 is 0 Å². The first-order valence-corrected chi connectivity index (χ1v) is 6.99. The summed E-state index contributed by atoms with van der Waals surface area (Å²) in [5, 5.41) is 3.56. The molecule has 0 saturated heterocycles. The first-order valence-electron chi connectivity index (χ1n) is 5.59. The van der Waals surface area contributed by atoms with E-state index in [0.717, 1.165) is 17.3 Å². The molecule has 0 aromatic carbocycles. The molecule has 1 heterocycles. The second-order valence-electron chi connectivity index (χ2n) is 4.20. The first kappa shape index (κ1) is 13.5. The average Bonchev–Trinajstić information content (AvgIpc) is 2.17. The van der Waals surface area contributed by atoms with Gasteiger partial charge in [0.1, 0.15) is 5.82 Å². The predicted octanol–water partition coefficient (Wildman–Crippen LogP) is 2.50. The SMILES string of the molecule is CSCC(C)NC(C)c1cnc(C)nc1C. The molecule has 0 aliphatic carbocycles. The van der Waals surface area contributed by atoms with Crippen molar-refractivity contribution in [1.82, 2.24) is 15.3 Å². The van der Waals surface area contributed by atoms with Crippen LogP contribution in [0.25, 0.3) is 0 Å². The van der Waals surface area contributed by atoms with Crippen LogP contribution in [0.15, 0.2) is 6.20 Å². The summed E-state index contributed by atoms with van der Waals surface area (Å²) in [6.45, 7) is 8.34. The van der Waals surface area contributed by atoms with E-state index in [1.165, 1.54) is 5.56 Å². The van der Waals surface area contributed by atoms with Gasteiger partial charge in [-0.3, -0.25) is 0 Å². The van der Waals surface area contributed by atoms with Crippen molar-refractivity contribution in [3.63, 3.8) is 0 Å². The van der Waals surface area contributed by atoms with Gasteiger partial charge in [0.15, 0.2) is 0 Å². The fraction of sp³-hybridized carbons (Fsp3) is 0.667. The van der Waals surface area contributed by atoms with Gasteiger partial charge >= 0.3 is 0 Å². The van der Waals surface area contributed by atoms with Crippen molar-refractivity contribution in [3.05, 3.63) is 23.3 Å². The van der Waals surface area contributed by atoms with Crippen molar-refractivity contribution in [3.8, 4) is 0 Å². The minimum atomic E-state index is 0.308. The van der Waals surface area contributed by atoms with Crippen LogP contribution in [0, 0.1) is 13.8 Å². The zero-order valence-electron chi connectivity index (χ0n) is 10.7. The highest BCUT2D eigenvalue weighted by Gasteiger charge is 2.12. The van der Waals surface area contributed by atoms with E-state index >= 15 is 0 Å².